The smallest absolute Gasteiger partial charge is 0.115 e. The Balaban J connectivity index is 1.70. The van der Waals surface area contributed by atoms with Gasteiger partial charge in [-0.1, -0.05) is 30.3 Å². The lowest BCUT2D eigenvalue weighted by molar-refractivity contribution is -0.100. The molecule has 2 unspecified atom stereocenters. The summed E-state index contributed by atoms with van der Waals surface area (Å²) in [5.41, 5.74) is 3.14. The van der Waals surface area contributed by atoms with Gasteiger partial charge >= 0.3 is 0 Å². The molecule has 0 saturated carbocycles. The van der Waals surface area contributed by atoms with E-state index in [0.29, 0.717) is 13.0 Å². The lowest BCUT2D eigenvalue weighted by Gasteiger charge is -2.56. The predicted molar refractivity (Wildman–Crippen MR) is 119 cm³/mol. The Bertz CT molecular complexity index is 1110. The molecule has 2 aliphatic rings. The third-order valence-electron chi connectivity index (χ3n) is 6.94. The second-order valence-corrected chi connectivity index (χ2v) is 9.39. The molecule has 4 nitrogen and oxygen atoms in total. The number of piperidine rings is 1. The van der Waals surface area contributed by atoms with Crippen LogP contribution in [0.4, 0.5) is 0 Å². The molecule has 0 radical (unpaired) electrons. The molecular weight excluding hydrogens is 428 g/mol. The number of rotatable bonds is 3. The molecule has 0 bridgehead atoms. The number of phenols is 1. The lowest BCUT2D eigenvalue weighted by atomic mass is 9.56. The summed E-state index contributed by atoms with van der Waals surface area (Å²) in [5, 5.41) is 23.5. The number of benzene rings is 2. The van der Waals surface area contributed by atoms with Gasteiger partial charge in [0.1, 0.15) is 5.75 Å². The standard InChI is InChI=1S/C24H25BrN2O2/c1-2-10-27-11-9-23(16-5-3-6-17(28)12-16)14-21-19(13-24(23,29)15-27)18-7-4-8-20(25)22(18)26-21/h2-8,12,26,28-29H,1,9-11,13-15H2. The summed E-state index contributed by atoms with van der Waals surface area (Å²) in [5.74, 6) is 0.248. The Hall–Kier alpha value is -2.08. The van der Waals surface area contributed by atoms with Crippen molar-refractivity contribution < 1.29 is 10.2 Å². The highest BCUT2D eigenvalue weighted by Crippen LogP contribution is 2.52. The fourth-order valence-electron chi connectivity index (χ4n) is 5.56. The SMILES string of the molecule is C=CCN1CCC2(c3cccc(O)c3)Cc3[nH]c4c(Br)cccc4c3CC2(O)C1. The van der Waals surface area contributed by atoms with E-state index in [-0.39, 0.29) is 5.75 Å². The summed E-state index contributed by atoms with van der Waals surface area (Å²) < 4.78 is 1.04. The Morgan fingerprint density at radius 3 is 2.83 bits per heavy atom. The second kappa shape index (κ2) is 6.73. The van der Waals surface area contributed by atoms with Crippen LogP contribution in [-0.2, 0) is 18.3 Å². The van der Waals surface area contributed by atoms with Crippen LogP contribution >= 0.6 is 15.9 Å². The van der Waals surface area contributed by atoms with Crippen molar-refractivity contribution >= 4 is 26.8 Å². The van der Waals surface area contributed by atoms with Crippen molar-refractivity contribution in [3.05, 3.63) is 76.4 Å². The number of phenolic OH excluding ortho intramolecular Hbond substituents is 1. The van der Waals surface area contributed by atoms with Crippen LogP contribution in [0.15, 0.2) is 59.6 Å². The van der Waals surface area contributed by atoms with Gasteiger partial charge in [0.2, 0.25) is 0 Å². The van der Waals surface area contributed by atoms with Gasteiger partial charge in [0.05, 0.1) is 11.1 Å². The minimum atomic E-state index is -0.924. The number of aromatic hydroxyl groups is 1. The lowest BCUT2D eigenvalue weighted by Crippen LogP contribution is -2.66. The number of likely N-dealkylation sites (tertiary alicyclic amines) is 1. The van der Waals surface area contributed by atoms with Gasteiger partial charge in [0.15, 0.2) is 0 Å². The highest BCUT2D eigenvalue weighted by molar-refractivity contribution is 9.10. The molecule has 29 heavy (non-hydrogen) atoms. The van der Waals surface area contributed by atoms with Crippen molar-refractivity contribution in [2.24, 2.45) is 0 Å². The molecule has 1 fully saturated rings. The average molecular weight is 453 g/mol. The van der Waals surface area contributed by atoms with Gasteiger partial charge in [-0.05, 0) is 58.2 Å². The summed E-state index contributed by atoms with van der Waals surface area (Å²) in [6, 6.07) is 13.7. The zero-order valence-corrected chi connectivity index (χ0v) is 17.9. The van der Waals surface area contributed by atoms with Crippen LogP contribution in [0.5, 0.6) is 5.75 Å². The Kier molecular flexibility index (Phi) is 4.39. The molecule has 2 aromatic carbocycles. The van der Waals surface area contributed by atoms with E-state index in [1.54, 1.807) is 6.07 Å². The summed E-state index contributed by atoms with van der Waals surface area (Å²) in [7, 11) is 0. The van der Waals surface area contributed by atoms with E-state index >= 15 is 0 Å². The Morgan fingerprint density at radius 2 is 2.03 bits per heavy atom. The van der Waals surface area contributed by atoms with E-state index in [1.807, 2.05) is 30.3 Å². The normalized spacial score (nSPS) is 26.8. The number of hydrogen-bond donors (Lipinski definition) is 3. The predicted octanol–water partition coefficient (Wildman–Crippen LogP) is 4.30. The third kappa shape index (κ3) is 2.79. The van der Waals surface area contributed by atoms with Crippen molar-refractivity contribution in [1.82, 2.24) is 9.88 Å². The van der Waals surface area contributed by atoms with Gasteiger partial charge in [-0.3, -0.25) is 4.90 Å². The first-order chi connectivity index (χ1) is 14.0. The van der Waals surface area contributed by atoms with E-state index in [2.05, 4.69) is 44.5 Å². The molecule has 3 N–H and O–H groups in total. The van der Waals surface area contributed by atoms with Gasteiger partial charge in [0.25, 0.3) is 0 Å². The minimum Gasteiger partial charge on any atom is -0.508 e. The number of fused-ring (bicyclic) bond motifs is 4. The van der Waals surface area contributed by atoms with Crippen LogP contribution in [-0.4, -0.2) is 45.3 Å². The Morgan fingerprint density at radius 1 is 1.21 bits per heavy atom. The van der Waals surface area contributed by atoms with Gasteiger partial charge in [-0.2, -0.15) is 0 Å². The summed E-state index contributed by atoms with van der Waals surface area (Å²) in [6.45, 7) is 6.13. The van der Waals surface area contributed by atoms with Crippen LogP contribution in [0.1, 0.15) is 23.2 Å². The van der Waals surface area contributed by atoms with Crippen LogP contribution in [0.2, 0.25) is 0 Å². The third-order valence-corrected chi connectivity index (χ3v) is 7.60. The first kappa shape index (κ1) is 18.9. The molecule has 1 aliphatic heterocycles. The quantitative estimate of drug-likeness (QED) is 0.519. The molecule has 0 spiro atoms. The first-order valence-corrected chi connectivity index (χ1v) is 10.9. The molecule has 3 aromatic rings. The van der Waals surface area contributed by atoms with Crippen LogP contribution in [0, 0.1) is 0 Å². The van der Waals surface area contributed by atoms with E-state index < -0.39 is 11.0 Å². The molecule has 0 amide bonds. The second-order valence-electron chi connectivity index (χ2n) is 8.54. The fourth-order valence-corrected chi connectivity index (χ4v) is 6.02. The van der Waals surface area contributed by atoms with Gasteiger partial charge in [0, 0.05) is 46.9 Å². The van der Waals surface area contributed by atoms with Crippen molar-refractivity contribution in [3.63, 3.8) is 0 Å². The summed E-state index contributed by atoms with van der Waals surface area (Å²) >= 11 is 3.67. The molecule has 150 valence electrons. The molecule has 2 atom stereocenters. The molecule has 2 heterocycles. The number of nitrogens with zero attached hydrogens (tertiary/aromatic N) is 1. The Labute approximate surface area is 179 Å². The fraction of sp³-hybridized carbons (Fsp3) is 0.333. The van der Waals surface area contributed by atoms with E-state index in [0.717, 1.165) is 41.5 Å². The van der Waals surface area contributed by atoms with Gasteiger partial charge in [-0.25, -0.2) is 0 Å². The first-order valence-electron chi connectivity index (χ1n) is 10.1. The van der Waals surface area contributed by atoms with E-state index in [1.165, 1.54) is 16.6 Å². The zero-order valence-electron chi connectivity index (χ0n) is 16.3. The maximum absolute atomic E-state index is 12.2. The number of nitrogens with one attached hydrogen (secondary N) is 1. The molecule has 1 aromatic heterocycles. The monoisotopic (exact) mass is 452 g/mol. The van der Waals surface area contributed by atoms with Crippen molar-refractivity contribution in [3.8, 4) is 5.75 Å². The average Bonchev–Trinajstić information content (AvgIpc) is 3.04. The van der Waals surface area contributed by atoms with Crippen molar-refractivity contribution in [2.75, 3.05) is 19.6 Å². The molecule has 1 aliphatic carbocycles. The maximum atomic E-state index is 12.2. The summed E-state index contributed by atoms with van der Waals surface area (Å²) in [4.78, 5) is 5.91. The van der Waals surface area contributed by atoms with Gasteiger partial charge in [-0.15, -0.1) is 6.58 Å². The van der Waals surface area contributed by atoms with Crippen LogP contribution in [0.25, 0.3) is 10.9 Å². The zero-order chi connectivity index (χ0) is 20.2. The van der Waals surface area contributed by atoms with Gasteiger partial charge < -0.3 is 15.2 Å². The number of aromatic nitrogens is 1. The molecule has 1 saturated heterocycles. The number of aliphatic hydroxyl groups is 1. The minimum absolute atomic E-state index is 0.248. The maximum Gasteiger partial charge on any atom is 0.115 e. The van der Waals surface area contributed by atoms with Crippen LogP contribution in [0.3, 0.4) is 0 Å². The number of aromatic amines is 1. The number of para-hydroxylation sites is 1. The number of β-amino-alcohol motifs (C(OH)–C–C–N with tert-alkyl or cyclic N) is 1. The highest BCUT2D eigenvalue weighted by atomic mass is 79.9. The molecule has 5 rings (SSSR count). The van der Waals surface area contributed by atoms with E-state index in [4.69, 9.17) is 0 Å². The number of H-pyrrole nitrogens is 1. The largest absolute Gasteiger partial charge is 0.508 e. The topological polar surface area (TPSA) is 59.5 Å². The van der Waals surface area contributed by atoms with Crippen LogP contribution < -0.4 is 0 Å². The van der Waals surface area contributed by atoms with E-state index in [9.17, 15) is 10.2 Å². The van der Waals surface area contributed by atoms with Crippen molar-refractivity contribution in [1.29, 1.82) is 0 Å². The number of hydrogen-bond acceptors (Lipinski definition) is 3. The molecule has 5 heteroatoms. The molecular formula is C24H25BrN2O2. The number of halogens is 1. The highest BCUT2D eigenvalue weighted by Gasteiger charge is 2.57. The summed E-state index contributed by atoms with van der Waals surface area (Å²) in [6.07, 6.45) is 4.05. The van der Waals surface area contributed by atoms with Crippen molar-refractivity contribution in [2.45, 2.75) is 30.3 Å².